The zero-order chi connectivity index (χ0) is 16.2. The van der Waals surface area contributed by atoms with Gasteiger partial charge in [0.1, 0.15) is 0 Å². The summed E-state index contributed by atoms with van der Waals surface area (Å²) in [7, 11) is 0. The fourth-order valence-corrected chi connectivity index (χ4v) is 3.00. The van der Waals surface area contributed by atoms with Gasteiger partial charge in [0.25, 0.3) is 0 Å². The molecular formula is C17H15N5S. The number of aryl methyl sites for hydroxylation is 1. The average Bonchev–Trinajstić information content (AvgIpc) is 2.99. The van der Waals surface area contributed by atoms with Crippen molar-refractivity contribution in [2.75, 3.05) is 0 Å². The summed E-state index contributed by atoms with van der Waals surface area (Å²) in [6, 6.07) is 14.1. The second-order valence-corrected chi connectivity index (χ2v) is 6.36. The van der Waals surface area contributed by atoms with Crippen molar-refractivity contribution in [1.29, 1.82) is 5.26 Å². The van der Waals surface area contributed by atoms with E-state index in [0.29, 0.717) is 5.16 Å². The van der Waals surface area contributed by atoms with Gasteiger partial charge in [-0.2, -0.15) is 5.26 Å². The van der Waals surface area contributed by atoms with Gasteiger partial charge in [0.15, 0.2) is 11.0 Å². The first-order valence-electron chi connectivity index (χ1n) is 7.19. The van der Waals surface area contributed by atoms with E-state index >= 15 is 0 Å². The van der Waals surface area contributed by atoms with Gasteiger partial charge in [0, 0.05) is 18.0 Å². The van der Waals surface area contributed by atoms with Gasteiger partial charge >= 0.3 is 0 Å². The molecule has 1 atom stereocenters. The maximum Gasteiger partial charge on any atom is 0.197 e. The number of hydrogen-bond acceptors (Lipinski definition) is 5. The normalized spacial score (nSPS) is 11.9. The summed E-state index contributed by atoms with van der Waals surface area (Å²) in [5.74, 6) is 0.745. The summed E-state index contributed by atoms with van der Waals surface area (Å²) in [4.78, 5) is 4.05. The SMILES string of the molecule is Cc1ccccc1-n1c(SC(C)C#N)nnc1-c1ccncc1. The second-order valence-electron chi connectivity index (χ2n) is 5.05. The largest absolute Gasteiger partial charge is 0.270 e. The fraction of sp³-hybridized carbons (Fsp3) is 0.176. The molecule has 6 heteroatoms. The summed E-state index contributed by atoms with van der Waals surface area (Å²) in [5.41, 5.74) is 3.07. The Morgan fingerprint density at radius 3 is 2.57 bits per heavy atom. The van der Waals surface area contributed by atoms with Crippen LogP contribution in [0.15, 0.2) is 53.9 Å². The maximum atomic E-state index is 9.10. The van der Waals surface area contributed by atoms with Crippen LogP contribution in [0.5, 0.6) is 0 Å². The van der Waals surface area contributed by atoms with Crippen LogP contribution in [0.2, 0.25) is 0 Å². The van der Waals surface area contributed by atoms with Gasteiger partial charge in [-0.05, 0) is 37.6 Å². The highest BCUT2D eigenvalue weighted by atomic mass is 32.2. The minimum Gasteiger partial charge on any atom is -0.270 e. The van der Waals surface area contributed by atoms with Gasteiger partial charge in [0.2, 0.25) is 0 Å². The highest BCUT2D eigenvalue weighted by molar-refractivity contribution is 8.00. The van der Waals surface area contributed by atoms with Crippen molar-refractivity contribution in [3.05, 3.63) is 54.4 Å². The molecule has 0 saturated carbocycles. The molecule has 2 heterocycles. The minimum absolute atomic E-state index is 0.202. The molecule has 114 valence electrons. The predicted molar refractivity (Wildman–Crippen MR) is 90.3 cm³/mol. The van der Waals surface area contributed by atoms with E-state index in [4.69, 9.17) is 5.26 Å². The lowest BCUT2D eigenvalue weighted by atomic mass is 10.2. The molecule has 0 saturated heterocycles. The van der Waals surface area contributed by atoms with Gasteiger partial charge in [-0.15, -0.1) is 10.2 Å². The van der Waals surface area contributed by atoms with Crippen molar-refractivity contribution in [3.63, 3.8) is 0 Å². The number of pyridine rings is 1. The molecule has 0 spiro atoms. The van der Waals surface area contributed by atoms with Crippen molar-refractivity contribution in [1.82, 2.24) is 19.7 Å². The smallest absolute Gasteiger partial charge is 0.197 e. The van der Waals surface area contributed by atoms with Crippen LogP contribution in [0.3, 0.4) is 0 Å². The van der Waals surface area contributed by atoms with Crippen LogP contribution in [0.25, 0.3) is 17.1 Å². The first-order valence-corrected chi connectivity index (χ1v) is 8.06. The Morgan fingerprint density at radius 1 is 1.13 bits per heavy atom. The molecule has 0 fully saturated rings. The molecule has 0 aliphatic carbocycles. The van der Waals surface area contributed by atoms with Crippen LogP contribution < -0.4 is 0 Å². The van der Waals surface area contributed by atoms with Gasteiger partial charge < -0.3 is 0 Å². The molecule has 3 aromatic rings. The van der Waals surface area contributed by atoms with Crippen LogP contribution >= 0.6 is 11.8 Å². The Kier molecular flexibility index (Phi) is 4.40. The quantitative estimate of drug-likeness (QED) is 0.686. The van der Waals surface area contributed by atoms with Crippen LogP contribution in [-0.4, -0.2) is 25.0 Å². The van der Waals surface area contributed by atoms with E-state index < -0.39 is 0 Å². The summed E-state index contributed by atoms with van der Waals surface area (Å²) in [6.45, 7) is 3.90. The number of nitriles is 1. The molecule has 1 unspecified atom stereocenters. The third-order valence-electron chi connectivity index (χ3n) is 3.39. The van der Waals surface area contributed by atoms with E-state index in [2.05, 4.69) is 21.3 Å². The lowest BCUT2D eigenvalue weighted by Gasteiger charge is -2.13. The van der Waals surface area contributed by atoms with Crippen LogP contribution in [0.4, 0.5) is 0 Å². The number of para-hydroxylation sites is 1. The zero-order valence-corrected chi connectivity index (χ0v) is 13.7. The van der Waals surface area contributed by atoms with Crippen LogP contribution in [-0.2, 0) is 0 Å². The summed E-state index contributed by atoms with van der Waals surface area (Å²) >= 11 is 1.40. The van der Waals surface area contributed by atoms with Crippen molar-refractivity contribution in [2.45, 2.75) is 24.3 Å². The van der Waals surface area contributed by atoms with Crippen molar-refractivity contribution >= 4 is 11.8 Å². The van der Waals surface area contributed by atoms with E-state index in [-0.39, 0.29) is 5.25 Å². The topological polar surface area (TPSA) is 67.4 Å². The number of benzene rings is 1. The Hall–Kier alpha value is -2.65. The molecule has 2 aromatic heterocycles. The van der Waals surface area contributed by atoms with Crippen LogP contribution in [0, 0.1) is 18.3 Å². The Morgan fingerprint density at radius 2 is 1.87 bits per heavy atom. The van der Waals surface area contributed by atoms with Gasteiger partial charge in [-0.3, -0.25) is 9.55 Å². The van der Waals surface area contributed by atoms with Crippen molar-refractivity contribution < 1.29 is 0 Å². The van der Waals surface area contributed by atoms with Gasteiger partial charge in [-0.25, -0.2) is 0 Å². The number of hydrogen-bond donors (Lipinski definition) is 0. The van der Waals surface area contributed by atoms with E-state index in [0.717, 1.165) is 22.6 Å². The molecule has 0 N–H and O–H groups in total. The minimum atomic E-state index is -0.202. The van der Waals surface area contributed by atoms with E-state index in [1.165, 1.54) is 11.8 Å². The summed E-state index contributed by atoms with van der Waals surface area (Å²) in [5, 5.41) is 18.3. The Balaban J connectivity index is 2.19. The zero-order valence-electron chi connectivity index (χ0n) is 12.8. The third-order valence-corrected chi connectivity index (χ3v) is 4.33. The lowest BCUT2D eigenvalue weighted by molar-refractivity contribution is 0.878. The molecule has 3 rings (SSSR count). The Labute approximate surface area is 139 Å². The standard InChI is InChI=1S/C17H15N5S/c1-12-5-3-4-6-15(12)22-16(14-7-9-19-10-8-14)20-21-17(22)23-13(2)11-18/h3-10,13H,1-2H3. The molecule has 0 aliphatic rings. The van der Waals surface area contributed by atoms with Crippen molar-refractivity contribution in [2.24, 2.45) is 0 Å². The third kappa shape index (κ3) is 3.10. The first kappa shape index (κ1) is 15.3. The maximum absolute atomic E-state index is 9.10. The molecule has 0 radical (unpaired) electrons. The van der Waals surface area contributed by atoms with Crippen LogP contribution in [0.1, 0.15) is 12.5 Å². The molecule has 23 heavy (non-hydrogen) atoms. The predicted octanol–water partition coefficient (Wildman–Crippen LogP) is 3.64. The fourth-order valence-electron chi connectivity index (χ4n) is 2.25. The van der Waals surface area contributed by atoms with E-state index in [1.807, 2.05) is 54.8 Å². The second kappa shape index (κ2) is 6.63. The monoisotopic (exact) mass is 321 g/mol. The van der Waals surface area contributed by atoms with Crippen molar-refractivity contribution in [3.8, 4) is 23.1 Å². The van der Waals surface area contributed by atoms with E-state index in [9.17, 15) is 0 Å². The molecular weight excluding hydrogens is 306 g/mol. The molecule has 0 aliphatic heterocycles. The number of aromatic nitrogens is 4. The molecule has 5 nitrogen and oxygen atoms in total. The number of nitrogens with zero attached hydrogens (tertiary/aromatic N) is 5. The average molecular weight is 321 g/mol. The van der Waals surface area contributed by atoms with Gasteiger partial charge in [0.05, 0.1) is 17.0 Å². The molecule has 0 bridgehead atoms. The summed E-state index contributed by atoms with van der Waals surface area (Å²) in [6.07, 6.45) is 3.47. The highest BCUT2D eigenvalue weighted by Gasteiger charge is 2.19. The van der Waals surface area contributed by atoms with E-state index in [1.54, 1.807) is 12.4 Å². The first-order chi connectivity index (χ1) is 11.2. The summed E-state index contributed by atoms with van der Waals surface area (Å²) < 4.78 is 2.00. The van der Waals surface area contributed by atoms with Gasteiger partial charge in [-0.1, -0.05) is 30.0 Å². The molecule has 1 aromatic carbocycles. The number of thioether (sulfide) groups is 1. The number of rotatable bonds is 4. The lowest BCUT2D eigenvalue weighted by Crippen LogP contribution is -2.03. The Bertz CT molecular complexity index is 851. The highest BCUT2D eigenvalue weighted by Crippen LogP contribution is 2.30. The molecule has 0 amide bonds.